The van der Waals surface area contributed by atoms with Crippen LogP contribution in [0.2, 0.25) is 0 Å². The van der Waals surface area contributed by atoms with Crippen molar-refractivity contribution in [3.63, 3.8) is 0 Å². The van der Waals surface area contributed by atoms with Crippen LogP contribution in [0, 0.1) is 12.3 Å². The quantitative estimate of drug-likeness (QED) is 0.343. The van der Waals surface area contributed by atoms with Crippen molar-refractivity contribution in [1.82, 2.24) is 34.4 Å². The van der Waals surface area contributed by atoms with E-state index in [1.54, 1.807) is 16.8 Å². The Bertz CT molecular complexity index is 1700. The molecule has 11 heteroatoms. The minimum absolute atomic E-state index is 0.145. The molecule has 0 amide bonds. The summed E-state index contributed by atoms with van der Waals surface area (Å²) < 4.78 is 4.51. The Balaban J connectivity index is 1.32. The fourth-order valence-electron chi connectivity index (χ4n) is 5.93. The number of aryl methyl sites for hydroxylation is 1. The van der Waals surface area contributed by atoms with E-state index in [-0.39, 0.29) is 23.7 Å². The zero-order chi connectivity index (χ0) is 28.0. The molecule has 6 rings (SSSR count). The molecule has 0 aliphatic carbocycles. The lowest BCUT2D eigenvalue weighted by Gasteiger charge is -2.54. The molecule has 2 aliphatic rings. The maximum atomic E-state index is 13.2. The summed E-state index contributed by atoms with van der Waals surface area (Å²) in [4.78, 5) is 37.2. The first-order valence-corrected chi connectivity index (χ1v) is 13.8. The third kappa shape index (κ3) is 4.49. The fraction of sp³-hybridized carbons (Fsp3) is 0.414. The van der Waals surface area contributed by atoms with Crippen molar-refractivity contribution >= 4 is 28.4 Å². The van der Waals surface area contributed by atoms with Crippen molar-refractivity contribution in [3.05, 3.63) is 75.5 Å². The maximum absolute atomic E-state index is 13.2. The molecular formula is C29H35N9O2. The van der Waals surface area contributed by atoms with Crippen molar-refractivity contribution < 1.29 is 0 Å². The van der Waals surface area contributed by atoms with Crippen LogP contribution in [0.15, 0.2) is 58.8 Å². The number of nitrogens with zero attached hydrogens (tertiary/aromatic N) is 7. The zero-order valence-corrected chi connectivity index (χ0v) is 23.2. The average molecular weight is 542 g/mol. The van der Waals surface area contributed by atoms with Gasteiger partial charge in [-0.25, -0.2) is 19.0 Å². The van der Waals surface area contributed by atoms with Gasteiger partial charge in [0.15, 0.2) is 11.5 Å². The molecule has 0 atom stereocenters. The van der Waals surface area contributed by atoms with Crippen LogP contribution in [0.5, 0.6) is 0 Å². The van der Waals surface area contributed by atoms with Gasteiger partial charge in [0.25, 0.3) is 11.1 Å². The molecule has 2 saturated heterocycles. The lowest BCUT2D eigenvalue weighted by atomic mass is 9.72. The Morgan fingerprint density at radius 2 is 1.93 bits per heavy atom. The van der Waals surface area contributed by atoms with Crippen molar-refractivity contribution in [3.8, 4) is 5.82 Å². The van der Waals surface area contributed by atoms with Gasteiger partial charge in [0.1, 0.15) is 5.39 Å². The highest BCUT2D eigenvalue weighted by Crippen LogP contribution is 2.42. The van der Waals surface area contributed by atoms with Gasteiger partial charge in [-0.15, -0.1) is 11.7 Å². The number of fused-ring (bicyclic) bond motifs is 1. The molecule has 208 valence electrons. The van der Waals surface area contributed by atoms with Gasteiger partial charge in [0.05, 0.1) is 12.6 Å². The smallest absolute Gasteiger partial charge is 0.278 e. The predicted molar refractivity (Wildman–Crippen MR) is 157 cm³/mol. The van der Waals surface area contributed by atoms with Gasteiger partial charge in [-0.2, -0.15) is 4.98 Å². The molecule has 5 heterocycles. The number of anilines is 3. The summed E-state index contributed by atoms with van der Waals surface area (Å²) in [5.74, 6) is 0.770. The van der Waals surface area contributed by atoms with Crippen molar-refractivity contribution in [2.75, 3.05) is 36.4 Å². The highest BCUT2D eigenvalue weighted by atomic mass is 16.1. The monoisotopic (exact) mass is 541 g/mol. The molecule has 4 aromatic rings. The molecule has 2 fully saturated rings. The lowest BCUT2D eigenvalue weighted by Crippen LogP contribution is -2.60. The number of rotatable bonds is 7. The van der Waals surface area contributed by atoms with Crippen LogP contribution in [0.4, 0.5) is 17.3 Å². The number of piperidine rings is 1. The van der Waals surface area contributed by atoms with E-state index in [1.165, 1.54) is 45.7 Å². The SMILES string of the molecule is C=CCn1c(=O)c2cnc(Nc3ccc(N4CC5(CCNCC5)C4)c(C)c3)nc2n1-c1ccc(=O)n(C(C)C)n1. The number of benzene rings is 1. The van der Waals surface area contributed by atoms with Crippen LogP contribution in [0.1, 0.15) is 38.3 Å². The van der Waals surface area contributed by atoms with Crippen LogP contribution in [0.25, 0.3) is 16.9 Å². The first-order chi connectivity index (χ1) is 19.3. The van der Waals surface area contributed by atoms with Gasteiger partial charge in [-0.1, -0.05) is 6.08 Å². The summed E-state index contributed by atoms with van der Waals surface area (Å²) in [5.41, 5.74) is 3.69. The topological polar surface area (TPSA) is 115 Å². The van der Waals surface area contributed by atoms with E-state index in [2.05, 4.69) is 51.3 Å². The fourth-order valence-corrected chi connectivity index (χ4v) is 5.93. The second-order valence-electron chi connectivity index (χ2n) is 11.2. The number of nitrogens with one attached hydrogen (secondary N) is 2. The average Bonchev–Trinajstić information content (AvgIpc) is 3.19. The van der Waals surface area contributed by atoms with Gasteiger partial charge in [0.2, 0.25) is 5.95 Å². The minimum Gasteiger partial charge on any atom is -0.370 e. The molecule has 0 unspecified atom stereocenters. The summed E-state index contributed by atoms with van der Waals surface area (Å²) in [5, 5.41) is 11.7. The molecule has 0 saturated carbocycles. The highest BCUT2D eigenvalue weighted by Gasteiger charge is 2.43. The number of hydrogen-bond acceptors (Lipinski definition) is 8. The zero-order valence-electron chi connectivity index (χ0n) is 23.2. The predicted octanol–water partition coefficient (Wildman–Crippen LogP) is 3.15. The Morgan fingerprint density at radius 1 is 1.15 bits per heavy atom. The van der Waals surface area contributed by atoms with E-state index in [0.717, 1.165) is 31.9 Å². The molecule has 0 bridgehead atoms. The van der Waals surface area contributed by atoms with Crippen molar-refractivity contribution in [2.45, 2.75) is 46.2 Å². The van der Waals surface area contributed by atoms with Crippen LogP contribution in [-0.4, -0.2) is 55.3 Å². The second kappa shape index (κ2) is 10.1. The molecule has 11 nitrogen and oxygen atoms in total. The normalized spacial score (nSPS) is 16.4. The Morgan fingerprint density at radius 3 is 2.62 bits per heavy atom. The number of allylic oxidation sites excluding steroid dienone is 1. The van der Waals surface area contributed by atoms with Gasteiger partial charge < -0.3 is 15.5 Å². The number of hydrogen-bond donors (Lipinski definition) is 2. The van der Waals surface area contributed by atoms with Crippen molar-refractivity contribution in [1.29, 1.82) is 0 Å². The Kier molecular flexibility index (Phi) is 6.53. The van der Waals surface area contributed by atoms with E-state index in [9.17, 15) is 9.59 Å². The van der Waals surface area contributed by atoms with Crippen LogP contribution in [-0.2, 0) is 6.54 Å². The van der Waals surface area contributed by atoms with Crippen molar-refractivity contribution in [2.24, 2.45) is 5.41 Å². The number of aromatic nitrogens is 6. The minimum atomic E-state index is -0.258. The summed E-state index contributed by atoms with van der Waals surface area (Å²) in [7, 11) is 0. The largest absolute Gasteiger partial charge is 0.370 e. The van der Waals surface area contributed by atoms with Crippen LogP contribution >= 0.6 is 0 Å². The highest BCUT2D eigenvalue weighted by molar-refractivity contribution is 5.77. The second-order valence-corrected chi connectivity index (χ2v) is 11.2. The summed E-state index contributed by atoms with van der Waals surface area (Å²) >= 11 is 0. The first-order valence-electron chi connectivity index (χ1n) is 13.8. The molecule has 3 aromatic heterocycles. The first kappa shape index (κ1) is 26.0. The molecular weight excluding hydrogens is 506 g/mol. The third-order valence-electron chi connectivity index (χ3n) is 8.01. The van der Waals surface area contributed by atoms with Gasteiger partial charge in [-0.05, 0) is 76.5 Å². The summed E-state index contributed by atoms with van der Waals surface area (Å²) in [6, 6.07) is 9.20. The molecule has 2 aliphatic heterocycles. The van der Waals surface area contributed by atoms with Gasteiger partial charge in [-0.3, -0.25) is 9.59 Å². The maximum Gasteiger partial charge on any atom is 0.278 e. The van der Waals surface area contributed by atoms with E-state index < -0.39 is 0 Å². The summed E-state index contributed by atoms with van der Waals surface area (Å²) in [6.45, 7) is 14.4. The molecule has 1 spiro atoms. The van der Waals surface area contributed by atoms with Gasteiger partial charge >= 0.3 is 0 Å². The van der Waals surface area contributed by atoms with E-state index in [0.29, 0.717) is 28.2 Å². The van der Waals surface area contributed by atoms with E-state index in [1.807, 2.05) is 19.9 Å². The third-order valence-corrected chi connectivity index (χ3v) is 8.01. The van der Waals surface area contributed by atoms with E-state index >= 15 is 0 Å². The van der Waals surface area contributed by atoms with E-state index in [4.69, 9.17) is 4.98 Å². The summed E-state index contributed by atoms with van der Waals surface area (Å²) in [6.07, 6.45) is 5.66. The lowest BCUT2D eigenvalue weighted by molar-refractivity contribution is 0.150. The standard InChI is InChI=1S/C29H35N9O2/c1-5-14-36-27(40)22-16-31-28(33-26(22)38(36)24-8-9-25(39)37(34-24)19(2)3)32-21-6-7-23(20(4)15-21)35-17-29(18-35)10-12-30-13-11-29/h5-9,15-16,19,30H,1,10-14,17-18H2,2-4H3,(H,31,32,33). The van der Waals surface area contributed by atoms with Crippen LogP contribution < -0.4 is 26.7 Å². The molecule has 1 aromatic carbocycles. The Hall–Kier alpha value is -4.25. The molecule has 40 heavy (non-hydrogen) atoms. The van der Waals surface area contributed by atoms with Crippen LogP contribution in [0.3, 0.4) is 0 Å². The molecule has 2 N–H and O–H groups in total. The van der Waals surface area contributed by atoms with Gasteiger partial charge in [0, 0.05) is 42.1 Å². The molecule has 0 radical (unpaired) electrons. The Labute approximate surface area is 232 Å².